The van der Waals surface area contributed by atoms with Crippen LogP contribution in [0.1, 0.15) is 21.7 Å². The molecule has 7 nitrogen and oxygen atoms in total. The summed E-state index contributed by atoms with van der Waals surface area (Å²) < 4.78 is 15.7. The van der Waals surface area contributed by atoms with Crippen LogP contribution in [0.4, 0.5) is 5.69 Å². The molecule has 7 heteroatoms. The fourth-order valence-electron chi connectivity index (χ4n) is 2.77. The lowest BCUT2D eigenvalue weighted by atomic mass is 10.1. The molecule has 1 heterocycles. The monoisotopic (exact) mass is 406 g/mol. The minimum Gasteiger partial charge on any atom is -0.493 e. The predicted molar refractivity (Wildman–Crippen MR) is 114 cm³/mol. The second kappa shape index (κ2) is 9.47. The third kappa shape index (κ3) is 5.08. The van der Waals surface area contributed by atoms with Gasteiger partial charge in [-0.1, -0.05) is 12.1 Å². The first-order chi connectivity index (χ1) is 14.5. The van der Waals surface area contributed by atoms with Crippen LogP contribution in [0.3, 0.4) is 0 Å². The Morgan fingerprint density at radius 3 is 2.43 bits per heavy atom. The van der Waals surface area contributed by atoms with Crippen molar-refractivity contribution in [3.05, 3.63) is 83.4 Å². The molecule has 2 aromatic carbocycles. The maximum Gasteiger partial charge on any atom is 0.272 e. The molecule has 154 valence electrons. The van der Waals surface area contributed by atoms with Gasteiger partial charge in [0.25, 0.3) is 11.8 Å². The first-order valence-electron chi connectivity index (χ1n) is 9.16. The molecule has 0 saturated heterocycles. The topological polar surface area (TPSA) is 89.8 Å². The Morgan fingerprint density at radius 2 is 1.77 bits per heavy atom. The Morgan fingerprint density at radius 1 is 0.967 bits per heavy atom. The number of nitrogens with one attached hydrogen (secondary N) is 2. The van der Waals surface area contributed by atoms with Gasteiger partial charge in [-0.15, -0.1) is 0 Å². The highest BCUT2D eigenvalue weighted by atomic mass is 16.5. The SMILES string of the molecule is COc1ccc(C(=O)N/C(=C\c2ccco2)C(=O)Nc2cccc(C)c2)cc1OC. The quantitative estimate of drug-likeness (QED) is 0.579. The molecular weight excluding hydrogens is 384 g/mol. The van der Waals surface area contributed by atoms with Gasteiger partial charge in [-0.3, -0.25) is 9.59 Å². The van der Waals surface area contributed by atoms with Crippen LogP contribution in [-0.2, 0) is 4.79 Å². The maximum atomic E-state index is 12.9. The summed E-state index contributed by atoms with van der Waals surface area (Å²) in [5, 5.41) is 5.43. The van der Waals surface area contributed by atoms with Crippen LogP contribution in [0.15, 0.2) is 71.0 Å². The van der Waals surface area contributed by atoms with E-state index in [1.807, 2.05) is 25.1 Å². The Labute approximate surface area is 174 Å². The molecule has 0 fully saturated rings. The van der Waals surface area contributed by atoms with Gasteiger partial charge in [0.2, 0.25) is 0 Å². The summed E-state index contributed by atoms with van der Waals surface area (Å²) in [6.45, 7) is 1.92. The largest absolute Gasteiger partial charge is 0.493 e. The predicted octanol–water partition coefficient (Wildman–Crippen LogP) is 4.01. The van der Waals surface area contributed by atoms with Crippen molar-refractivity contribution in [2.45, 2.75) is 6.92 Å². The number of carbonyl (C=O) groups is 2. The van der Waals surface area contributed by atoms with Gasteiger partial charge in [0, 0.05) is 17.3 Å². The highest BCUT2D eigenvalue weighted by Crippen LogP contribution is 2.27. The van der Waals surface area contributed by atoms with Gasteiger partial charge in [-0.05, 0) is 55.0 Å². The van der Waals surface area contributed by atoms with Crippen molar-refractivity contribution < 1.29 is 23.5 Å². The first-order valence-corrected chi connectivity index (χ1v) is 9.16. The van der Waals surface area contributed by atoms with E-state index in [0.29, 0.717) is 28.5 Å². The molecule has 0 bridgehead atoms. The zero-order chi connectivity index (χ0) is 21.5. The van der Waals surface area contributed by atoms with E-state index in [9.17, 15) is 9.59 Å². The van der Waals surface area contributed by atoms with Crippen molar-refractivity contribution in [3.63, 3.8) is 0 Å². The molecule has 0 unspecified atom stereocenters. The number of aryl methyl sites for hydroxylation is 1. The van der Waals surface area contributed by atoms with Crippen LogP contribution in [0.2, 0.25) is 0 Å². The number of amides is 2. The normalized spacial score (nSPS) is 11.0. The first kappa shape index (κ1) is 20.7. The van der Waals surface area contributed by atoms with Gasteiger partial charge >= 0.3 is 0 Å². The summed E-state index contributed by atoms with van der Waals surface area (Å²) in [4.78, 5) is 25.7. The highest BCUT2D eigenvalue weighted by molar-refractivity contribution is 6.10. The number of hydrogen-bond donors (Lipinski definition) is 2. The molecule has 0 radical (unpaired) electrons. The van der Waals surface area contributed by atoms with Crippen molar-refractivity contribution >= 4 is 23.6 Å². The van der Waals surface area contributed by atoms with Gasteiger partial charge in [-0.2, -0.15) is 0 Å². The molecule has 3 aromatic rings. The lowest BCUT2D eigenvalue weighted by Gasteiger charge is -2.13. The summed E-state index contributed by atoms with van der Waals surface area (Å²) in [6, 6.07) is 15.5. The molecular formula is C23H22N2O5. The van der Waals surface area contributed by atoms with Gasteiger partial charge in [0.05, 0.1) is 20.5 Å². The standard InChI is InChI=1S/C23H22N2O5/c1-15-6-4-7-17(12-15)24-23(27)19(14-18-8-5-11-30-18)25-22(26)16-9-10-20(28-2)21(13-16)29-3/h4-14H,1-3H3,(H,24,27)(H,25,26)/b19-14-. The smallest absolute Gasteiger partial charge is 0.272 e. The zero-order valence-corrected chi connectivity index (χ0v) is 16.9. The molecule has 2 amide bonds. The van der Waals surface area contributed by atoms with E-state index in [-0.39, 0.29) is 5.70 Å². The van der Waals surface area contributed by atoms with Crippen LogP contribution < -0.4 is 20.1 Å². The third-order valence-corrected chi connectivity index (χ3v) is 4.24. The second-order valence-corrected chi connectivity index (χ2v) is 6.42. The second-order valence-electron chi connectivity index (χ2n) is 6.42. The van der Waals surface area contributed by atoms with Crippen molar-refractivity contribution in [2.75, 3.05) is 19.5 Å². The Hall–Kier alpha value is -4.00. The van der Waals surface area contributed by atoms with E-state index in [0.717, 1.165) is 5.56 Å². The molecule has 2 N–H and O–H groups in total. The highest BCUT2D eigenvalue weighted by Gasteiger charge is 2.17. The fraction of sp³-hybridized carbons (Fsp3) is 0.130. The minimum atomic E-state index is -0.481. The Balaban J connectivity index is 1.86. The fourth-order valence-corrected chi connectivity index (χ4v) is 2.77. The summed E-state index contributed by atoms with van der Waals surface area (Å²) in [5.74, 6) is 0.375. The van der Waals surface area contributed by atoms with Gasteiger partial charge in [-0.25, -0.2) is 0 Å². The molecule has 30 heavy (non-hydrogen) atoms. The van der Waals surface area contributed by atoms with Crippen LogP contribution in [0.25, 0.3) is 6.08 Å². The molecule has 0 aliphatic rings. The van der Waals surface area contributed by atoms with Crippen LogP contribution in [0, 0.1) is 6.92 Å². The molecule has 0 aliphatic heterocycles. The lowest BCUT2D eigenvalue weighted by molar-refractivity contribution is -0.113. The Kier molecular flexibility index (Phi) is 6.54. The van der Waals surface area contributed by atoms with E-state index in [1.165, 1.54) is 32.6 Å². The van der Waals surface area contributed by atoms with Gasteiger partial charge < -0.3 is 24.5 Å². The van der Waals surface area contributed by atoms with Crippen molar-refractivity contribution in [1.82, 2.24) is 5.32 Å². The number of hydrogen-bond acceptors (Lipinski definition) is 5. The van der Waals surface area contributed by atoms with Crippen molar-refractivity contribution in [1.29, 1.82) is 0 Å². The van der Waals surface area contributed by atoms with Crippen LogP contribution in [-0.4, -0.2) is 26.0 Å². The van der Waals surface area contributed by atoms with Crippen LogP contribution in [0.5, 0.6) is 11.5 Å². The van der Waals surface area contributed by atoms with Crippen LogP contribution >= 0.6 is 0 Å². The Bertz CT molecular complexity index is 1070. The summed E-state index contributed by atoms with van der Waals surface area (Å²) in [7, 11) is 2.99. The summed E-state index contributed by atoms with van der Waals surface area (Å²) in [6.07, 6.45) is 2.95. The average Bonchev–Trinajstić information content (AvgIpc) is 3.25. The van der Waals surface area contributed by atoms with Crippen molar-refractivity contribution in [3.8, 4) is 11.5 Å². The number of ether oxygens (including phenoxy) is 2. The molecule has 0 aliphatic carbocycles. The summed E-state index contributed by atoms with van der Waals surface area (Å²) in [5.41, 5.74) is 1.96. The average molecular weight is 406 g/mol. The molecule has 3 rings (SSSR count). The third-order valence-electron chi connectivity index (χ3n) is 4.24. The molecule has 0 atom stereocenters. The number of carbonyl (C=O) groups excluding carboxylic acids is 2. The van der Waals surface area contributed by atoms with Gasteiger partial charge in [0.15, 0.2) is 11.5 Å². The number of methoxy groups -OCH3 is 2. The molecule has 0 saturated carbocycles. The number of rotatable bonds is 7. The van der Waals surface area contributed by atoms with Gasteiger partial charge in [0.1, 0.15) is 11.5 Å². The van der Waals surface area contributed by atoms with E-state index >= 15 is 0 Å². The van der Waals surface area contributed by atoms with E-state index in [4.69, 9.17) is 13.9 Å². The molecule has 1 aromatic heterocycles. The number of benzene rings is 2. The maximum absolute atomic E-state index is 12.9. The number of furan rings is 1. The zero-order valence-electron chi connectivity index (χ0n) is 16.9. The minimum absolute atomic E-state index is 0.0336. The number of anilines is 1. The van der Waals surface area contributed by atoms with E-state index < -0.39 is 11.8 Å². The summed E-state index contributed by atoms with van der Waals surface area (Å²) >= 11 is 0. The lowest BCUT2D eigenvalue weighted by Crippen LogP contribution is -2.30. The van der Waals surface area contributed by atoms with Crippen molar-refractivity contribution in [2.24, 2.45) is 0 Å². The van der Waals surface area contributed by atoms with E-state index in [1.54, 1.807) is 30.3 Å². The van der Waals surface area contributed by atoms with E-state index in [2.05, 4.69) is 10.6 Å². The molecule has 0 spiro atoms.